The van der Waals surface area contributed by atoms with E-state index in [0.29, 0.717) is 5.00 Å². The van der Waals surface area contributed by atoms with E-state index in [9.17, 15) is 8.42 Å². The first kappa shape index (κ1) is 14.1. The number of nitrogens with zero attached hydrogens (tertiary/aromatic N) is 1. The number of nitrogens with one attached hydrogen (secondary N) is 1. The predicted molar refractivity (Wildman–Crippen MR) is 78.8 cm³/mol. The van der Waals surface area contributed by atoms with Crippen molar-refractivity contribution in [3.8, 4) is 0 Å². The third-order valence-corrected chi connectivity index (χ3v) is 7.23. The fraction of sp³-hybridized carbons (Fsp3) is 0.750. The van der Waals surface area contributed by atoms with Crippen molar-refractivity contribution in [2.45, 2.75) is 54.4 Å². The third-order valence-electron chi connectivity index (χ3n) is 3.97. The predicted octanol–water partition coefficient (Wildman–Crippen LogP) is 1.64. The van der Waals surface area contributed by atoms with Gasteiger partial charge in [0.05, 0.1) is 11.4 Å². The van der Waals surface area contributed by atoms with Crippen LogP contribution >= 0.6 is 11.5 Å². The molecule has 0 saturated heterocycles. The van der Waals surface area contributed by atoms with Crippen LogP contribution in [-0.4, -0.2) is 37.3 Å². The summed E-state index contributed by atoms with van der Waals surface area (Å²) in [5, 5.41) is 3.63. The minimum atomic E-state index is -3.32. The molecule has 2 saturated carbocycles. The number of hydrogen-bond donors (Lipinski definition) is 2. The van der Waals surface area contributed by atoms with Crippen molar-refractivity contribution in [3.63, 3.8) is 0 Å². The summed E-state index contributed by atoms with van der Waals surface area (Å²) in [5.74, 6) is 0.130. The van der Waals surface area contributed by atoms with Gasteiger partial charge in [0.25, 0.3) is 0 Å². The molecule has 1 heterocycles. The molecule has 112 valence electrons. The Balaban J connectivity index is 1.81. The zero-order chi connectivity index (χ0) is 14.3. The lowest BCUT2D eigenvalue weighted by Crippen LogP contribution is -2.19. The Morgan fingerprint density at radius 2 is 2.10 bits per heavy atom. The highest BCUT2D eigenvalue weighted by Crippen LogP contribution is 2.41. The highest BCUT2D eigenvalue weighted by Gasteiger charge is 2.41. The van der Waals surface area contributed by atoms with Crippen LogP contribution in [0, 0.1) is 0 Å². The molecule has 0 aromatic carbocycles. The van der Waals surface area contributed by atoms with E-state index in [4.69, 9.17) is 10.5 Å². The average molecular weight is 317 g/mol. The maximum atomic E-state index is 12.4. The normalized spacial score (nSPS) is 26.9. The number of rotatable bonds is 5. The Morgan fingerprint density at radius 1 is 1.35 bits per heavy atom. The van der Waals surface area contributed by atoms with Crippen LogP contribution in [0.25, 0.3) is 0 Å². The van der Waals surface area contributed by atoms with Crippen LogP contribution in [0.1, 0.15) is 32.1 Å². The van der Waals surface area contributed by atoms with E-state index in [1.807, 2.05) is 0 Å². The molecule has 0 radical (unpaired) electrons. The summed E-state index contributed by atoms with van der Waals surface area (Å²) in [6, 6.07) is 0.230. The SMILES string of the molecule is COC1CCC(Nc2snc(N)c2S(=O)(=O)C2CC2)C1. The van der Waals surface area contributed by atoms with Crippen molar-refractivity contribution in [1.82, 2.24) is 4.37 Å². The number of nitrogen functional groups attached to an aromatic ring is 1. The largest absolute Gasteiger partial charge is 0.382 e. The van der Waals surface area contributed by atoms with Gasteiger partial charge in [-0.2, -0.15) is 4.37 Å². The standard InChI is InChI=1S/C12H19N3O3S2/c1-18-8-3-2-7(6-8)14-12-10(11(13)15-19-12)20(16,17)9-4-5-9/h7-9,14H,2-6H2,1H3,(H2,13,15). The molecule has 2 aliphatic rings. The van der Waals surface area contributed by atoms with E-state index in [1.165, 1.54) is 0 Å². The molecule has 1 aromatic heterocycles. The van der Waals surface area contributed by atoms with Gasteiger partial charge in [0.1, 0.15) is 9.90 Å². The summed E-state index contributed by atoms with van der Waals surface area (Å²) in [6.45, 7) is 0. The molecule has 2 aliphatic carbocycles. The summed E-state index contributed by atoms with van der Waals surface area (Å²) in [4.78, 5) is 0.214. The van der Waals surface area contributed by atoms with Crippen molar-refractivity contribution in [1.29, 1.82) is 0 Å². The Morgan fingerprint density at radius 3 is 2.70 bits per heavy atom. The van der Waals surface area contributed by atoms with Gasteiger partial charge in [-0.1, -0.05) is 0 Å². The first-order chi connectivity index (χ1) is 9.52. The molecule has 0 aliphatic heterocycles. The van der Waals surface area contributed by atoms with Gasteiger partial charge in [-0.15, -0.1) is 0 Å². The molecule has 2 unspecified atom stereocenters. The molecule has 0 spiro atoms. The number of methoxy groups -OCH3 is 1. The van der Waals surface area contributed by atoms with Crippen molar-refractivity contribution < 1.29 is 13.2 Å². The summed E-state index contributed by atoms with van der Waals surface area (Å²) in [7, 11) is -1.61. The molecule has 0 amide bonds. The van der Waals surface area contributed by atoms with Crippen LogP contribution in [-0.2, 0) is 14.6 Å². The second kappa shape index (κ2) is 5.16. The topological polar surface area (TPSA) is 94.3 Å². The van der Waals surface area contributed by atoms with Gasteiger partial charge in [-0.25, -0.2) is 8.42 Å². The zero-order valence-electron chi connectivity index (χ0n) is 11.3. The summed E-state index contributed by atoms with van der Waals surface area (Å²) < 4.78 is 34.2. The molecule has 2 atom stereocenters. The van der Waals surface area contributed by atoms with Crippen LogP contribution < -0.4 is 11.1 Å². The van der Waals surface area contributed by atoms with Crippen molar-refractivity contribution in [2.75, 3.05) is 18.2 Å². The zero-order valence-corrected chi connectivity index (χ0v) is 13.0. The Bertz CT molecular complexity index is 595. The number of sulfone groups is 1. The maximum Gasteiger partial charge on any atom is 0.187 e. The van der Waals surface area contributed by atoms with Gasteiger partial charge >= 0.3 is 0 Å². The molecule has 1 aromatic rings. The van der Waals surface area contributed by atoms with Crippen molar-refractivity contribution in [2.24, 2.45) is 0 Å². The second-order valence-corrected chi connectivity index (χ2v) is 8.42. The monoisotopic (exact) mass is 317 g/mol. The molecule has 20 heavy (non-hydrogen) atoms. The Labute approximate surface area is 122 Å². The molecule has 8 heteroatoms. The lowest BCUT2D eigenvalue weighted by molar-refractivity contribution is 0.108. The summed E-state index contributed by atoms with van der Waals surface area (Å²) in [5.41, 5.74) is 5.78. The molecular weight excluding hydrogens is 298 g/mol. The Hall–Kier alpha value is -0.860. The molecule has 2 fully saturated rings. The van der Waals surface area contributed by atoms with Gasteiger partial charge in [0, 0.05) is 13.2 Å². The fourth-order valence-corrected chi connectivity index (χ4v) is 5.63. The minimum absolute atomic E-state index is 0.130. The van der Waals surface area contributed by atoms with Crippen LogP contribution in [0.3, 0.4) is 0 Å². The quantitative estimate of drug-likeness (QED) is 0.857. The van der Waals surface area contributed by atoms with E-state index in [-0.39, 0.29) is 28.1 Å². The van der Waals surface area contributed by atoms with Crippen LogP contribution in [0.15, 0.2) is 4.90 Å². The number of anilines is 2. The van der Waals surface area contributed by atoms with E-state index < -0.39 is 9.84 Å². The van der Waals surface area contributed by atoms with Gasteiger partial charge in [-0.05, 0) is 43.6 Å². The highest BCUT2D eigenvalue weighted by atomic mass is 32.2. The number of nitrogens with two attached hydrogens (primary N) is 1. The molecule has 6 nitrogen and oxygen atoms in total. The first-order valence-corrected chi connectivity index (χ1v) is 9.12. The van der Waals surface area contributed by atoms with Gasteiger partial charge in [-0.3, -0.25) is 0 Å². The number of aromatic nitrogens is 1. The van der Waals surface area contributed by atoms with Crippen LogP contribution in [0.2, 0.25) is 0 Å². The van der Waals surface area contributed by atoms with Crippen molar-refractivity contribution >= 4 is 32.2 Å². The van der Waals surface area contributed by atoms with E-state index in [0.717, 1.165) is 43.6 Å². The molecular formula is C12H19N3O3S2. The third kappa shape index (κ3) is 2.51. The Kier molecular flexibility index (Phi) is 3.64. The molecule has 0 bridgehead atoms. The number of hydrogen-bond acceptors (Lipinski definition) is 7. The first-order valence-electron chi connectivity index (χ1n) is 6.80. The second-order valence-electron chi connectivity index (χ2n) is 5.48. The fourth-order valence-electron chi connectivity index (χ4n) is 2.68. The maximum absolute atomic E-state index is 12.4. The van der Waals surface area contributed by atoms with Crippen LogP contribution in [0.4, 0.5) is 10.8 Å². The van der Waals surface area contributed by atoms with E-state index >= 15 is 0 Å². The molecule has 3 rings (SSSR count). The van der Waals surface area contributed by atoms with E-state index in [1.54, 1.807) is 7.11 Å². The smallest absolute Gasteiger partial charge is 0.187 e. The van der Waals surface area contributed by atoms with Crippen LogP contribution in [0.5, 0.6) is 0 Å². The van der Waals surface area contributed by atoms with Gasteiger partial charge in [0.15, 0.2) is 15.7 Å². The van der Waals surface area contributed by atoms with Crippen molar-refractivity contribution in [3.05, 3.63) is 0 Å². The van der Waals surface area contributed by atoms with E-state index in [2.05, 4.69) is 9.69 Å². The minimum Gasteiger partial charge on any atom is -0.382 e. The lowest BCUT2D eigenvalue weighted by atomic mass is 10.2. The van der Waals surface area contributed by atoms with Gasteiger partial charge < -0.3 is 15.8 Å². The number of ether oxygens (including phenoxy) is 1. The van der Waals surface area contributed by atoms with Gasteiger partial charge in [0.2, 0.25) is 0 Å². The average Bonchev–Trinajstić information content (AvgIpc) is 3.08. The molecule has 3 N–H and O–H groups in total. The summed E-state index contributed by atoms with van der Waals surface area (Å²) >= 11 is 1.14. The summed E-state index contributed by atoms with van der Waals surface area (Å²) in [6.07, 6.45) is 4.56. The lowest BCUT2D eigenvalue weighted by Gasteiger charge is -2.14. The highest BCUT2D eigenvalue weighted by molar-refractivity contribution is 7.92.